The molecule has 0 heterocycles. The molecule has 1 aromatic carbocycles. The molecule has 0 aliphatic rings. The molecule has 0 radical (unpaired) electrons. The Balaban J connectivity index is 3.38. The molecule has 3 nitrogen and oxygen atoms in total. The largest absolute Gasteiger partial charge is 0.479 e. The van der Waals surface area contributed by atoms with E-state index in [-0.39, 0.29) is 0 Å². The van der Waals surface area contributed by atoms with Crippen LogP contribution in [0.5, 0.6) is 0 Å². The Morgan fingerprint density at radius 3 is 2.06 bits per heavy atom. The quantitative estimate of drug-likeness (QED) is 0.855. The zero-order valence-corrected chi connectivity index (χ0v) is 9.79. The second-order valence-corrected chi connectivity index (χ2v) is 4.57. The van der Waals surface area contributed by atoms with Crippen LogP contribution in [0, 0.1) is 18.6 Å². The standard InChI is InChI=1S/C12H14F2O3/c1-6-4-7(13)9(8(14)5-6)12(2,3)10(15)11(16)17/h4-5,10,15H,1-3H3,(H,16,17). The summed E-state index contributed by atoms with van der Waals surface area (Å²) in [6.07, 6.45) is -1.88. The first-order valence-corrected chi connectivity index (χ1v) is 5.05. The Hall–Kier alpha value is -1.49. The Morgan fingerprint density at radius 1 is 1.29 bits per heavy atom. The summed E-state index contributed by atoms with van der Waals surface area (Å²) in [5.41, 5.74) is -1.57. The van der Waals surface area contributed by atoms with Gasteiger partial charge in [-0.05, 0) is 24.6 Å². The van der Waals surface area contributed by atoms with E-state index in [1.54, 1.807) is 0 Å². The van der Waals surface area contributed by atoms with E-state index in [9.17, 15) is 18.7 Å². The van der Waals surface area contributed by atoms with Crippen LogP contribution in [0.25, 0.3) is 0 Å². The Kier molecular flexibility index (Phi) is 3.52. The summed E-state index contributed by atoms with van der Waals surface area (Å²) in [5, 5.41) is 18.2. The van der Waals surface area contributed by atoms with Crippen LogP contribution in [0.3, 0.4) is 0 Å². The van der Waals surface area contributed by atoms with Gasteiger partial charge in [-0.15, -0.1) is 0 Å². The predicted octanol–water partition coefficient (Wildman–Crippen LogP) is 2.00. The highest BCUT2D eigenvalue weighted by Gasteiger charge is 2.39. The first-order valence-electron chi connectivity index (χ1n) is 5.05. The van der Waals surface area contributed by atoms with Gasteiger partial charge >= 0.3 is 5.97 Å². The Morgan fingerprint density at radius 2 is 1.71 bits per heavy atom. The third kappa shape index (κ3) is 2.44. The van der Waals surface area contributed by atoms with Crippen LogP contribution in [0.4, 0.5) is 8.78 Å². The number of aryl methyl sites for hydroxylation is 1. The number of rotatable bonds is 3. The molecule has 5 heteroatoms. The van der Waals surface area contributed by atoms with Crippen LogP contribution in [0.15, 0.2) is 12.1 Å². The van der Waals surface area contributed by atoms with Crippen molar-refractivity contribution < 1.29 is 23.8 Å². The maximum atomic E-state index is 13.7. The van der Waals surface area contributed by atoms with Crippen molar-refractivity contribution in [2.24, 2.45) is 0 Å². The predicted molar refractivity (Wildman–Crippen MR) is 57.8 cm³/mol. The fraction of sp³-hybridized carbons (Fsp3) is 0.417. The maximum Gasteiger partial charge on any atom is 0.333 e. The van der Waals surface area contributed by atoms with Gasteiger partial charge in [-0.3, -0.25) is 0 Å². The van der Waals surface area contributed by atoms with Gasteiger partial charge in [0.1, 0.15) is 11.6 Å². The zero-order chi connectivity index (χ0) is 13.4. The highest BCUT2D eigenvalue weighted by Crippen LogP contribution is 2.32. The lowest BCUT2D eigenvalue weighted by Crippen LogP contribution is -2.41. The maximum absolute atomic E-state index is 13.7. The smallest absolute Gasteiger partial charge is 0.333 e. The molecular formula is C12H14F2O3. The number of aliphatic hydroxyl groups excluding tert-OH is 1. The number of halogens is 2. The average molecular weight is 244 g/mol. The molecule has 1 atom stereocenters. The minimum Gasteiger partial charge on any atom is -0.479 e. The Bertz CT molecular complexity index is 432. The molecule has 0 fully saturated rings. The third-order valence-corrected chi connectivity index (χ3v) is 2.75. The van der Waals surface area contributed by atoms with Gasteiger partial charge in [-0.1, -0.05) is 13.8 Å². The van der Waals surface area contributed by atoms with E-state index in [1.165, 1.54) is 20.8 Å². The SMILES string of the molecule is Cc1cc(F)c(C(C)(C)C(O)C(=O)O)c(F)c1. The van der Waals surface area contributed by atoms with Gasteiger partial charge in [0.2, 0.25) is 0 Å². The molecule has 0 saturated heterocycles. The van der Waals surface area contributed by atoms with Gasteiger partial charge in [0.15, 0.2) is 6.10 Å². The number of benzene rings is 1. The summed E-state index contributed by atoms with van der Waals surface area (Å²) in [6, 6.07) is 2.21. The summed E-state index contributed by atoms with van der Waals surface area (Å²) >= 11 is 0. The van der Waals surface area contributed by atoms with Gasteiger partial charge in [0.25, 0.3) is 0 Å². The van der Waals surface area contributed by atoms with E-state index in [4.69, 9.17) is 5.11 Å². The molecule has 0 bridgehead atoms. The van der Waals surface area contributed by atoms with Gasteiger partial charge < -0.3 is 10.2 Å². The lowest BCUT2D eigenvalue weighted by molar-refractivity contribution is -0.150. The molecule has 0 saturated carbocycles. The van der Waals surface area contributed by atoms with Crippen LogP contribution in [0.2, 0.25) is 0 Å². The van der Waals surface area contributed by atoms with Crippen LogP contribution in [0.1, 0.15) is 25.0 Å². The van der Waals surface area contributed by atoms with E-state index in [2.05, 4.69) is 0 Å². The summed E-state index contributed by atoms with van der Waals surface area (Å²) < 4.78 is 27.4. The van der Waals surface area contributed by atoms with Gasteiger partial charge in [0, 0.05) is 11.0 Å². The van der Waals surface area contributed by atoms with Gasteiger partial charge in [0.05, 0.1) is 0 Å². The molecular weight excluding hydrogens is 230 g/mol. The molecule has 0 aliphatic heterocycles. The first kappa shape index (κ1) is 13.6. The lowest BCUT2D eigenvalue weighted by Gasteiger charge is -2.29. The van der Waals surface area contributed by atoms with Crippen LogP contribution >= 0.6 is 0 Å². The molecule has 0 aromatic heterocycles. The van der Waals surface area contributed by atoms with Crippen molar-refractivity contribution in [3.05, 3.63) is 34.9 Å². The number of hydrogen-bond donors (Lipinski definition) is 2. The summed E-state index contributed by atoms with van der Waals surface area (Å²) in [4.78, 5) is 10.7. The van der Waals surface area contributed by atoms with Crippen molar-refractivity contribution in [2.75, 3.05) is 0 Å². The highest BCUT2D eigenvalue weighted by atomic mass is 19.1. The molecule has 1 unspecified atom stereocenters. The van der Waals surface area contributed by atoms with Crippen molar-refractivity contribution in [3.8, 4) is 0 Å². The molecule has 1 aromatic rings. The number of carboxylic acid groups (broad SMARTS) is 1. The fourth-order valence-corrected chi connectivity index (χ4v) is 1.76. The number of aliphatic hydroxyl groups is 1. The Labute approximate surface area is 97.7 Å². The van der Waals surface area contributed by atoms with Crippen LogP contribution in [-0.4, -0.2) is 22.3 Å². The minimum atomic E-state index is -1.88. The normalized spacial score (nSPS) is 13.5. The highest BCUT2D eigenvalue weighted by molar-refractivity contribution is 5.74. The van der Waals surface area contributed by atoms with Crippen molar-refractivity contribution in [1.82, 2.24) is 0 Å². The van der Waals surface area contributed by atoms with Crippen LogP contribution < -0.4 is 0 Å². The minimum absolute atomic E-state index is 0.393. The van der Waals surface area contributed by atoms with Crippen molar-refractivity contribution in [3.63, 3.8) is 0 Å². The number of carboxylic acids is 1. The fourth-order valence-electron chi connectivity index (χ4n) is 1.76. The van der Waals surface area contributed by atoms with E-state index < -0.39 is 34.7 Å². The number of aliphatic carboxylic acids is 1. The molecule has 0 aliphatic carbocycles. The topological polar surface area (TPSA) is 57.5 Å². The molecule has 0 spiro atoms. The molecule has 17 heavy (non-hydrogen) atoms. The second kappa shape index (κ2) is 4.41. The second-order valence-electron chi connectivity index (χ2n) is 4.57. The van der Waals surface area contributed by atoms with Crippen LogP contribution in [-0.2, 0) is 10.2 Å². The lowest BCUT2D eigenvalue weighted by atomic mass is 9.78. The van der Waals surface area contributed by atoms with Crippen molar-refractivity contribution >= 4 is 5.97 Å². The summed E-state index contributed by atoms with van der Waals surface area (Å²) in [7, 11) is 0. The van der Waals surface area contributed by atoms with Crippen molar-refractivity contribution in [2.45, 2.75) is 32.3 Å². The van der Waals surface area contributed by atoms with Gasteiger partial charge in [-0.25, -0.2) is 13.6 Å². The zero-order valence-electron chi connectivity index (χ0n) is 9.79. The number of hydrogen-bond acceptors (Lipinski definition) is 2. The summed E-state index contributed by atoms with van der Waals surface area (Å²) in [6.45, 7) is 4.09. The van der Waals surface area contributed by atoms with Crippen molar-refractivity contribution in [1.29, 1.82) is 0 Å². The number of carbonyl (C=O) groups is 1. The van der Waals surface area contributed by atoms with E-state index >= 15 is 0 Å². The first-order chi connectivity index (χ1) is 7.67. The third-order valence-electron chi connectivity index (χ3n) is 2.75. The molecule has 0 amide bonds. The van der Waals surface area contributed by atoms with Gasteiger partial charge in [-0.2, -0.15) is 0 Å². The molecule has 2 N–H and O–H groups in total. The molecule has 1 rings (SSSR count). The monoisotopic (exact) mass is 244 g/mol. The summed E-state index contributed by atoms with van der Waals surface area (Å²) in [5.74, 6) is -3.23. The molecule has 94 valence electrons. The van der Waals surface area contributed by atoms with E-state index in [0.29, 0.717) is 5.56 Å². The van der Waals surface area contributed by atoms with E-state index in [1.807, 2.05) is 0 Å². The average Bonchev–Trinajstić information content (AvgIpc) is 2.13. The van der Waals surface area contributed by atoms with E-state index in [0.717, 1.165) is 12.1 Å².